The average Bonchev–Trinajstić information content (AvgIpc) is 2.83. The topological polar surface area (TPSA) is 114 Å². The van der Waals surface area contributed by atoms with Crippen molar-refractivity contribution >= 4 is 34.8 Å². The van der Waals surface area contributed by atoms with Gasteiger partial charge in [0, 0.05) is 26.2 Å². The number of amides is 3. The maximum Gasteiger partial charge on any atom is 0.410 e. The van der Waals surface area contributed by atoms with Crippen molar-refractivity contribution in [1.82, 2.24) is 15.1 Å². The predicted octanol–water partition coefficient (Wildman–Crippen LogP) is 2.93. The fraction of sp³-hybridized carbons (Fsp3) is 0.440. The van der Waals surface area contributed by atoms with E-state index in [1.165, 1.54) is 7.11 Å². The maximum atomic E-state index is 12.5. The average molecular weight is 486 g/mol. The van der Waals surface area contributed by atoms with Crippen LogP contribution in [-0.4, -0.2) is 79.3 Å². The third-order valence-corrected chi connectivity index (χ3v) is 5.36. The largest absolute Gasteiger partial charge is 0.465 e. The lowest BCUT2D eigenvalue weighted by atomic mass is 10.0. The van der Waals surface area contributed by atoms with Gasteiger partial charge in [-0.1, -0.05) is 18.2 Å². The van der Waals surface area contributed by atoms with Crippen LogP contribution in [0.4, 0.5) is 9.59 Å². The third kappa shape index (κ3) is 7.33. The summed E-state index contributed by atoms with van der Waals surface area (Å²) in [6.07, 6.45) is -1.10. The van der Waals surface area contributed by atoms with Crippen molar-refractivity contribution in [3.63, 3.8) is 0 Å². The Morgan fingerprint density at radius 1 is 0.914 bits per heavy atom. The summed E-state index contributed by atoms with van der Waals surface area (Å²) < 4.78 is 15.3. The van der Waals surface area contributed by atoms with Crippen LogP contribution in [-0.2, 0) is 25.6 Å². The fourth-order valence-electron chi connectivity index (χ4n) is 3.58. The lowest BCUT2D eigenvalue weighted by Gasteiger charge is -2.34. The van der Waals surface area contributed by atoms with Gasteiger partial charge in [-0.05, 0) is 55.3 Å². The summed E-state index contributed by atoms with van der Waals surface area (Å²) in [5.74, 6) is -0.638. The van der Waals surface area contributed by atoms with Gasteiger partial charge in [0.1, 0.15) is 18.8 Å². The van der Waals surface area contributed by atoms with Gasteiger partial charge in [0.05, 0.1) is 12.7 Å². The molecular weight excluding hydrogens is 454 g/mol. The zero-order valence-electron chi connectivity index (χ0n) is 20.5. The first-order valence-corrected chi connectivity index (χ1v) is 11.3. The molecule has 0 spiro atoms. The molecule has 10 nitrogen and oxygen atoms in total. The Morgan fingerprint density at radius 3 is 2.20 bits per heavy atom. The van der Waals surface area contributed by atoms with Gasteiger partial charge in [-0.2, -0.15) is 0 Å². The Bertz CT molecular complexity index is 1100. The number of nitrogens with one attached hydrogen (secondary N) is 1. The molecule has 35 heavy (non-hydrogen) atoms. The van der Waals surface area contributed by atoms with Crippen LogP contribution in [0.5, 0.6) is 0 Å². The van der Waals surface area contributed by atoms with Gasteiger partial charge in [-0.3, -0.25) is 4.79 Å². The van der Waals surface area contributed by atoms with Crippen LogP contribution in [0.2, 0.25) is 0 Å². The molecule has 3 amide bonds. The van der Waals surface area contributed by atoms with E-state index in [1.54, 1.807) is 42.7 Å². The summed E-state index contributed by atoms with van der Waals surface area (Å²) in [5.41, 5.74) is 0.649. The second-order valence-corrected chi connectivity index (χ2v) is 9.17. The maximum absolute atomic E-state index is 12.5. The van der Waals surface area contributed by atoms with E-state index in [4.69, 9.17) is 14.2 Å². The lowest BCUT2D eigenvalue weighted by Crippen LogP contribution is -2.52. The number of piperazine rings is 1. The summed E-state index contributed by atoms with van der Waals surface area (Å²) in [5, 5.41) is 4.25. The molecular formula is C25H31N3O7. The van der Waals surface area contributed by atoms with Crippen molar-refractivity contribution in [2.75, 3.05) is 39.8 Å². The fourth-order valence-corrected chi connectivity index (χ4v) is 3.58. The van der Waals surface area contributed by atoms with Gasteiger partial charge in [-0.25, -0.2) is 14.4 Å². The molecule has 188 valence electrons. The van der Waals surface area contributed by atoms with Crippen molar-refractivity contribution in [2.45, 2.75) is 33.0 Å². The number of alkyl carbamates (subject to hydrolysis) is 1. The van der Waals surface area contributed by atoms with E-state index in [2.05, 4.69) is 5.32 Å². The molecule has 0 radical (unpaired) electrons. The number of esters is 1. The molecule has 1 aliphatic heterocycles. The summed E-state index contributed by atoms with van der Waals surface area (Å²) in [6.45, 7) is 6.55. The van der Waals surface area contributed by atoms with Crippen LogP contribution in [0.15, 0.2) is 36.4 Å². The minimum atomic E-state index is -0.648. The zero-order valence-corrected chi connectivity index (χ0v) is 20.5. The first kappa shape index (κ1) is 25.8. The van der Waals surface area contributed by atoms with Gasteiger partial charge in [-0.15, -0.1) is 0 Å². The highest BCUT2D eigenvalue weighted by Gasteiger charge is 2.25. The molecule has 0 aliphatic carbocycles. The van der Waals surface area contributed by atoms with E-state index in [9.17, 15) is 19.2 Å². The van der Waals surface area contributed by atoms with Gasteiger partial charge >= 0.3 is 18.2 Å². The van der Waals surface area contributed by atoms with Crippen LogP contribution in [0.25, 0.3) is 10.8 Å². The molecule has 0 bridgehead atoms. The molecule has 2 aromatic carbocycles. The number of fused-ring (bicyclic) bond motifs is 1. The molecule has 0 atom stereocenters. The zero-order chi connectivity index (χ0) is 25.6. The van der Waals surface area contributed by atoms with Crippen LogP contribution in [0.3, 0.4) is 0 Å². The normalized spacial score (nSPS) is 13.8. The van der Waals surface area contributed by atoms with E-state index in [0.717, 1.165) is 16.3 Å². The molecule has 10 heteroatoms. The van der Waals surface area contributed by atoms with Gasteiger partial charge < -0.3 is 29.3 Å². The smallest absolute Gasteiger partial charge is 0.410 e. The van der Waals surface area contributed by atoms with Crippen molar-refractivity contribution in [2.24, 2.45) is 0 Å². The number of nitrogens with zero attached hydrogens (tertiary/aromatic N) is 2. The minimum Gasteiger partial charge on any atom is -0.465 e. The summed E-state index contributed by atoms with van der Waals surface area (Å²) >= 11 is 0. The lowest BCUT2D eigenvalue weighted by molar-refractivity contribution is -0.131. The second kappa shape index (κ2) is 11.1. The third-order valence-electron chi connectivity index (χ3n) is 5.36. The Kier molecular flexibility index (Phi) is 8.16. The van der Waals surface area contributed by atoms with E-state index < -0.39 is 23.8 Å². The molecule has 2 aromatic rings. The standard InChI is InChI=1S/C25H31N3O7/c1-25(2,3)35-23(31)26-15-21(29)27-9-11-28(12-10-27)24(32)34-16-17-5-6-19-14-20(22(30)33-4)8-7-18(19)13-17/h5-8,13-14H,9-12,15-16H2,1-4H3,(H,26,31). The molecule has 1 saturated heterocycles. The molecule has 1 aliphatic rings. The van der Waals surface area contributed by atoms with Crippen molar-refractivity contribution in [1.29, 1.82) is 0 Å². The van der Waals surface area contributed by atoms with E-state index in [1.807, 2.05) is 24.3 Å². The quantitative estimate of drug-likeness (QED) is 0.512. The molecule has 0 aromatic heterocycles. The molecule has 1 N–H and O–H groups in total. The Balaban J connectivity index is 1.44. The van der Waals surface area contributed by atoms with Crippen LogP contribution in [0, 0.1) is 0 Å². The number of methoxy groups -OCH3 is 1. The molecule has 0 saturated carbocycles. The second-order valence-electron chi connectivity index (χ2n) is 9.17. The van der Waals surface area contributed by atoms with Gasteiger partial charge in [0.15, 0.2) is 0 Å². The number of hydrogen-bond donors (Lipinski definition) is 1. The van der Waals surface area contributed by atoms with Gasteiger partial charge in [0.25, 0.3) is 0 Å². The SMILES string of the molecule is COC(=O)c1ccc2cc(COC(=O)N3CCN(C(=O)CNC(=O)OC(C)(C)C)CC3)ccc2c1. The van der Waals surface area contributed by atoms with Crippen molar-refractivity contribution in [3.05, 3.63) is 47.5 Å². The van der Waals surface area contributed by atoms with Crippen molar-refractivity contribution < 1.29 is 33.4 Å². The number of ether oxygens (including phenoxy) is 3. The predicted molar refractivity (Wildman–Crippen MR) is 128 cm³/mol. The van der Waals surface area contributed by atoms with Crippen molar-refractivity contribution in [3.8, 4) is 0 Å². The monoisotopic (exact) mass is 485 g/mol. The number of carbonyl (C=O) groups is 4. The van der Waals surface area contributed by atoms with E-state index in [-0.39, 0.29) is 19.1 Å². The Hall–Kier alpha value is -3.82. The number of rotatable bonds is 5. The van der Waals surface area contributed by atoms with E-state index >= 15 is 0 Å². The van der Waals surface area contributed by atoms with Gasteiger partial charge in [0.2, 0.25) is 5.91 Å². The summed E-state index contributed by atoms with van der Waals surface area (Å²) in [7, 11) is 1.34. The highest BCUT2D eigenvalue weighted by atomic mass is 16.6. The van der Waals surface area contributed by atoms with E-state index in [0.29, 0.717) is 31.7 Å². The van der Waals surface area contributed by atoms with Crippen LogP contribution in [0.1, 0.15) is 36.7 Å². The Morgan fingerprint density at radius 2 is 1.54 bits per heavy atom. The molecule has 1 fully saturated rings. The first-order chi connectivity index (χ1) is 16.6. The summed E-state index contributed by atoms with van der Waals surface area (Å²) in [4.78, 5) is 51.4. The number of carbonyl (C=O) groups excluding carboxylic acids is 4. The van der Waals surface area contributed by atoms with Crippen LogP contribution < -0.4 is 5.32 Å². The number of hydrogen-bond acceptors (Lipinski definition) is 7. The highest BCUT2D eigenvalue weighted by Crippen LogP contribution is 2.19. The summed E-state index contributed by atoms with van der Waals surface area (Å²) in [6, 6.07) is 10.9. The minimum absolute atomic E-state index is 0.104. The molecule has 0 unspecified atom stereocenters. The Labute approximate surface area is 204 Å². The first-order valence-electron chi connectivity index (χ1n) is 11.3. The van der Waals surface area contributed by atoms with Crippen LogP contribution >= 0.6 is 0 Å². The highest BCUT2D eigenvalue weighted by molar-refractivity contribution is 5.95. The number of benzene rings is 2. The molecule has 3 rings (SSSR count). The molecule has 1 heterocycles.